The van der Waals surface area contributed by atoms with Gasteiger partial charge in [0.1, 0.15) is 5.82 Å². The molecule has 0 N–H and O–H groups in total. The quantitative estimate of drug-likeness (QED) is 0.776. The van der Waals surface area contributed by atoms with Gasteiger partial charge >= 0.3 is 0 Å². The molecule has 1 aromatic rings. The second kappa shape index (κ2) is 7.98. The van der Waals surface area contributed by atoms with Crippen LogP contribution in [-0.2, 0) is 16.0 Å². The van der Waals surface area contributed by atoms with Gasteiger partial charge in [-0.3, -0.25) is 9.59 Å². The van der Waals surface area contributed by atoms with E-state index >= 15 is 0 Å². The molecule has 4 nitrogen and oxygen atoms in total. The molecule has 2 amide bonds. The highest BCUT2D eigenvalue weighted by Gasteiger charge is 2.22. The lowest BCUT2D eigenvalue weighted by Crippen LogP contribution is -2.37. The Morgan fingerprint density at radius 1 is 1.22 bits per heavy atom. The molecule has 1 aliphatic rings. The van der Waals surface area contributed by atoms with Crippen LogP contribution in [0.15, 0.2) is 18.2 Å². The van der Waals surface area contributed by atoms with Crippen LogP contribution in [0.25, 0.3) is 0 Å². The molecule has 1 aromatic carbocycles. The Bertz CT molecular complexity index is 646. The lowest BCUT2D eigenvalue weighted by Gasteiger charge is -2.21. The van der Waals surface area contributed by atoms with Crippen molar-refractivity contribution in [2.45, 2.75) is 19.8 Å². The maximum Gasteiger partial charge on any atom is 0.298 e. The van der Waals surface area contributed by atoms with E-state index in [4.69, 9.17) is 11.6 Å². The third-order valence-corrected chi connectivity index (χ3v) is 4.11. The molecule has 0 atom stereocenters. The number of carbonyl (C=O) groups is 2. The van der Waals surface area contributed by atoms with Crippen LogP contribution in [-0.4, -0.2) is 47.8 Å². The Balaban J connectivity index is 2.00. The van der Waals surface area contributed by atoms with E-state index in [2.05, 4.69) is 11.8 Å². The number of halogens is 2. The third kappa shape index (κ3) is 4.46. The van der Waals surface area contributed by atoms with Gasteiger partial charge in [-0.1, -0.05) is 23.6 Å². The van der Waals surface area contributed by atoms with E-state index in [9.17, 15) is 14.0 Å². The summed E-state index contributed by atoms with van der Waals surface area (Å²) < 4.78 is 13.8. The van der Waals surface area contributed by atoms with Crippen molar-refractivity contribution in [2.75, 3.05) is 26.2 Å². The fraction of sp³-hybridized carbons (Fsp3) is 0.412. The van der Waals surface area contributed by atoms with Crippen molar-refractivity contribution in [3.63, 3.8) is 0 Å². The van der Waals surface area contributed by atoms with Crippen LogP contribution in [0.1, 0.15) is 18.9 Å². The minimum atomic E-state index is -0.476. The van der Waals surface area contributed by atoms with Crippen LogP contribution in [0.5, 0.6) is 0 Å². The molecule has 2 rings (SSSR count). The second-order valence-corrected chi connectivity index (χ2v) is 5.69. The van der Waals surface area contributed by atoms with Gasteiger partial charge in [-0.25, -0.2) is 4.39 Å². The molecule has 1 aliphatic heterocycles. The number of hydrogen-bond acceptors (Lipinski definition) is 2. The molecule has 1 heterocycles. The van der Waals surface area contributed by atoms with E-state index in [0.29, 0.717) is 32.6 Å². The summed E-state index contributed by atoms with van der Waals surface area (Å²) in [6, 6.07) is 4.37. The van der Waals surface area contributed by atoms with E-state index in [-0.39, 0.29) is 28.8 Å². The topological polar surface area (TPSA) is 40.6 Å². The Morgan fingerprint density at radius 2 is 1.91 bits per heavy atom. The molecule has 122 valence electrons. The summed E-state index contributed by atoms with van der Waals surface area (Å²) in [5, 5.41) is 0.253. The molecule has 0 spiro atoms. The number of carbonyl (C=O) groups excluding carboxylic acids is 2. The van der Waals surface area contributed by atoms with Gasteiger partial charge in [-0.05, 0) is 31.4 Å². The van der Waals surface area contributed by atoms with Gasteiger partial charge in [0.2, 0.25) is 5.91 Å². The van der Waals surface area contributed by atoms with Gasteiger partial charge in [-0.2, -0.15) is 0 Å². The third-order valence-electron chi connectivity index (χ3n) is 3.76. The molecule has 23 heavy (non-hydrogen) atoms. The number of hydrogen-bond donors (Lipinski definition) is 0. The second-order valence-electron chi connectivity index (χ2n) is 5.28. The first-order valence-corrected chi connectivity index (χ1v) is 7.83. The summed E-state index contributed by atoms with van der Waals surface area (Å²) in [6.07, 6.45) is 0.599. The molecule has 0 unspecified atom stereocenters. The Morgan fingerprint density at radius 3 is 2.61 bits per heavy atom. The highest BCUT2D eigenvalue weighted by atomic mass is 35.5. The Labute approximate surface area is 140 Å². The molecule has 1 saturated heterocycles. The lowest BCUT2D eigenvalue weighted by molar-refractivity contribution is -0.131. The van der Waals surface area contributed by atoms with Gasteiger partial charge in [-0.15, -0.1) is 0 Å². The molecule has 0 saturated carbocycles. The fourth-order valence-electron chi connectivity index (χ4n) is 2.52. The van der Waals surface area contributed by atoms with Gasteiger partial charge in [0, 0.05) is 36.8 Å². The fourth-order valence-corrected chi connectivity index (χ4v) is 2.75. The summed E-state index contributed by atoms with van der Waals surface area (Å²) in [5.74, 6) is 4.21. The zero-order chi connectivity index (χ0) is 16.8. The summed E-state index contributed by atoms with van der Waals surface area (Å²) >= 11 is 5.97. The number of amides is 2. The summed E-state index contributed by atoms with van der Waals surface area (Å²) in [4.78, 5) is 27.5. The minimum absolute atomic E-state index is 0.0752. The lowest BCUT2D eigenvalue weighted by atomic mass is 10.1. The first kappa shape index (κ1) is 17.3. The minimum Gasteiger partial charge on any atom is -0.341 e. The van der Waals surface area contributed by atoms with Crippen molar-refractivity contribution < 1.29 is 14.0 Å². The predicted octanol–water partition coefficient (Wildman–Crippen LogP) is 2.11. The molecule has 0 aliphatic carbocycles. The standard InChI is InChI=1S/C17H18ClFN2O2/c1-2-5-16(22)20-8-4-9-21(11-10-20)17(23)12-13-14(18)6-3-7-15(13)19/h3,6-7H,4,8-12H2,1H3. The van der Waals surface area contributed by atoms with Crippen molar-refractivity contribution in [1.82, 2.24) is 9.80 Å². The predicted molar refractivity (Wildman–Crippen MR) is 86.3 cm³/mol. The highest BCUT2D eigenvalue weighted by Crippen LogP contribution is 2.20. The van der Waals surface area contributed by atoms with E-state index in [1.807, 2.05) is 0 Å². The monoisotopic (exact) mass is 336 g/mol. The van der Waals surface area contributed by atoms with E-state index in [1.54, 1.807) is 22.8 Å². The Hall–Kier alpha value is -2.06. The average molecular weight is 337 g/mol. The number of benzene rings is 1. The van der Waals surface area contributed by atoms with Crippen molar-refractivity contribution in [3.05, 3.63) is 34.6 Å². The Kier molecular flexibility index (Phi) is 6.00. The average Bonchev–Trinajstić information content (AvgIpc) is 2.77. The molecular weight excluding hydrogens is 319 g/mol. The van der Waals surface area contributed by atoms with Gasteiger partial charge < -0.3 is 9.80 Å². The molecule has 0 radical (unpaired) electrons. The first-order valence-electron chi connectivity index (χ1n) is 7.45. The first-order chi connectivity index (χ1) is 11.0. The van der Waals surface area contributed by atoms with Crippen molar-refractivity contribution in [3.8, 4) is 11.8 Å². The van der Waals surface area contributed by atoms with E-state index in [0.717, 1.165) is 0 Å². The number of nitrogens with zero attached hydrogens (tertiary/aromatic N) is 2. The van der Waals surface area contributed by atoms with Crippen LogP contribution < -0.4 is 0 Å². The largest absolute Gasteiger partial charge is 0.341 e. The molecule has 6 heteroatoms. The summed E-state index contributed by atoms with van der Waals surface area (Å²) in [6.45, 7) is 3.57. The van der Waals surface area contributed by atoms with E-state index < -0.39 is 5.82 Å². The van der Waals surface area contributed by atoms with Crippen LogP contribution in [0.2, 0.25) is 5.02 Å². The smallest absolute Gasteiger partial charge is 0.298 e. The number of rotatable bonds is 2. The van der Waals surface area contributed by atoms with E-state index in [1.165, 1.54) is 12.1 Å². The van der Waals surface area contributed by atoms with Crippen molar-refractivity contribution >= 4 is 23.4 Å². The van der Waals surface area contributed by atoms with Gasteiger partial charge in [0.05, 0.1) is 6.42 Å². The van der Waals surface area contributed by atoms with Gasteiger partial charge in [0.25, 0.3) is 5.91 Å². The summed E-state index contributed by atoms with van der Waals surface area (Å²) in [7, 11) is 0. The van der Waals surface area contributed by atoms with Crippen LogP contribution >= 0.6 is 11.6 Å². The molecule has 0 bridgehead atoms. The molecule has 0 aromatic heterocycles. The maximum absolute atomic E-state index is 13.8. The van der Waals surface area contributed by atoms with Gasteiger partial charge in [0.15, 0.2) is 0 Å². The van der Waals surface area contributed by atoms with Crippen LogP contribution in [0.3, 0.4) is 0 Å². The molecule has 1 fully saturated rings. The van der Waals surface area contributed by atoms with Crippen LogP contribution in [0, 0.1) is 17.7 Å². The van der Waals surface area contributed by atoms with Crippen LogP contribution in [0.4, 0.5) is 4.39 Å². The zero-order valence-corrected chi connectivity index (χ0v) is 13.7. The molecular formula is C17H18ClFN2O2. The zero-order valence-electron chi connectivity index (χ0n) is 12.9. The highest BCUT2D eigenvalue weighted by molar-refractivity contribution is 6.31. The summed E-state index contributed by atoms with van der Waals surface area (Å²) in [5.41, 5.74) is 0.216. The normalized spacial score (nSPS) is 14.7. The van der Waals surface area contributed by atoms with Crippen molar-refractivity contribution in [1.29, 1.82) is 0 Å². The van der Waals surface area contributed by atoms with Crippen molar-refractivity contribution in [2.24, 2.45) is 0 Å². The SMILES string of the molecule is CC#CC(=O)N1CCCN(C(=O)Cc2c(F)cccc2Cl)CC1. The maximum atomic E-state index is 13.8.